The van der Waals surface area contributed by atoms with E-state index in [0.29, 0.717) is 23.6 Å². The van der Waals surface area contributed by atoms with Crippen LogP contribution in [0, 0.1) is 5.41 Å². The molecule has 318 valence electrons. The predicted octanol–water partition coefficient (Wildman–Crippen LogP) is 7.35. The van der Waals surface area contributed by atoms with Crippen molar-refractivity contribution in [2.75, 3.05) is 18.2 Å². The molecule has 0 radical (unpaired) electrons. The molecule has 4 rings (SSSR count). The van der Waals surface area contributed by atoms with Gasteiger partial charge in [0.2, 0.25) is 27.7 Å². The largest absolute Gasteiger partial charge is 0.481 e. The molecule has 16 heteroatoms. The van der Waals surface area contributed by atoms with Crippen LogP contribution in [0.1, 0.15) is 81.9 Å². The first-order valence-corrected chi connectivity index (χ1v) is 20.7. The van der Waals surface area contributed by atoms with Crippen molar-refractivity contribution < 1.29 is 41.8 Å². The number of amides is 4. The number of carbonyl (C=O) groups is 4. The maximum absolute atomic E-state index is 14.3. The Labute approximate surface area is 351 Å². The van der Waals surface area contributed by atoms with Crippen LogP contribution in [0.5, 0.6) is 17.5 Å². The molecule has 0 saturated heterocycles. The number of aromatic nitrogens is 2. The maximum atomic E-state index is 14.3. The van der Waals surface area contributed by atoms with Gasteiger partial charge in [-0.1, -0.05) is 82.0 Å². The van der Waals surface area contributed by atoms with E-state index in [9.17, 15) is 27.6 Å². The number of benzene rings is 3. The van der Waals surface area contributed by atoms with Crippen LogP contribution in [-0.2, 0) is 24.3 Å². The van der Waals surface area contributed by atoms with E-state index in [1.54, 1.807) is 65.8 Å². The van der Waals surface area contributed by atoms with Gasteiger partial charge in [-0.05, 0) is 74.9 Å². The smallest absolute Gasteiger partial charge is 0.408 e. The molecule has 4 aromatic rings. The molecular weight excluding hydrogens is 789 g/mol. The van der Waals surface area contributed by atoms with Gasteiger partial charge in [0.1, 0.15) is 23.4 Å². The fraction of sp³-hybridized carbons (Fsp3) is 0.318. The molecular formula is C44H52N6O9S. The minimum Gasteiger partial charge on any atom is -0.481 e. The number of carbonyl (C=O) groups excluding carboxylic acids is 4. The minimum absolute atomic E-state index is 0.0396. The molecule has 60 heavy (non-hydrogen) atoms. The Balaban J connectivity index is 1.70. The number of ether oxygens (including phenoxy) is 3. The number of alkyl carbamates (subject to hydrolysis) is 1. The van der Waals surface area contributed by atoms with E-state index in [2.05, 4.69) is 39.1 Å². The summed E-state index contributed by atoms with van der Waals surface area (Å²) in [5, 5.41) is 8.15. The van der Waals surface area contributed by atoms with Crippen molar-refractivity contribution in [1.82, 2.24) is 25.3 Å². The Morgan fingerprint density at radius 3 is 2.17 bits per heavy atom. The number of hydrogen-bond acceptors (Lipinski definition) is 11. The summed E-state index contributed by atoms with van der Waals surface area (Å²) in [6.07, 6.45) is 2.99. The van der Waals surface area contributed by atoms with Crippen LogP contribution in [0.25, 0.3) is 17.5 Å². The van der Waals surface area contributed by atoms with Crippen molar-refractivity contribution in [1.29, 1.82) is 0 Å². The van der Waals surface area contributed by atoms with Crippen LogP contribution in [0.2, 0.25) is 0 Å². The molecule has 0 fully saturated rings. The van der Waals surface area contributed by atoms with E-state index < -0.39 is 56.9 Å². The third kappa shape index (κ3) is 13.5. The number of unbranched alkanes of at least 4 members (excludes halogenated alkanes) is 1. The highest BCUT2D eigenvalue weighted by Crippen LogP contribution is 2.32. The molecule has 0 aliphatic carbocycles. The second kappa shape index (κ2) is 19.9. The topological polar surface area (TPSA) is 204 Å². The maximum Gasteiger partial charge on any atom is 0.408 e. The monoisotopic (exact) mass is 840 g/mol. The van der Waals surface area contributed by atoms with Crippen molar-refractivity contribution in [3.05, 3.63) is 115 Å². The molecule has 2 atom stereocenters. The summed E-state index contributed by atoms with van der Waals surface area (Å²) >= 11 is 0. The fourth-order valence-electron chi connectivity index (χ4n) is 5.64. The lowest BCUT2D eigenvalue weighted by Gasteiger charge is -2.32. The van der Waals surface area contributed by atoms with Crippen LogP contribution in [0.4, 0.5) is 10.5 Å². The van der Waals surface area contributed by atoms with E-state index >= 15 is 0 Å². The number of nitrogens with one attached hydrogen (secondary N) is 4. The van der Waals surface area contributed by atoms with Crippen LogP contribution in [0.15, 0.2) is 98.1 Å². The molecule has 0 unspecified atom stereocenters. The van der Waals surface area contributed by atoms with Crippen molar-refractivity contribution in [2.24, 2.45) is 5.41 Å². The molecule has 0 spiro atoms. The molecule has 4 amide bonds. The highest BCUT2D eigenvalue weighted by molar-refractivity contribution is 7.90. The van der Waals surface area contributed by atoms with Gasteiger partial charge < -0.3 is 30.2 Å². The molecule has 1 aromatic heterocycles. The predicted molar refractivity (Wildman–Crippen MR) is 230 cm³/mol. The highest BCUT2D eigenvalue weighted by atomic mass is 32.2. The van der Waals surface area contributed by atoms with Crippen LogP contribution < -0.4 is 30.1 Å². The zero-order valence-electron chi connectivity index (χ0n) is 34.8. The summed E-state index contributed by atoms with van der Waals surface area (Å²) in [6.45, 7) is 17.8. The van der Waals surface area contributed by atoms with Crippen molar-refractivity contribution in [2.45, 2.75) is 72.1 Å². The second-order valence-electron chi connectivity index (χ2n) is 15.7. The molecule has 0 saturated carbocycles. The molecule has 3 aromatic carbocycles. The van der Waals surface area contributed by atoms with Crippen molar-refractivity contribution in [3.8, 4) is 28.9 Å². The van der Waals surface area contributed by atoms with E-state index in [1.807, 2.05) is 35.1 Å². The average molecular weight is 841 g/mol. The van der Waals surface area contributed by atoms with Gasteiger partial charge in [-0.2, -0.15) is 9.97 Å². The number of hydrogen-bond donors (Lipinski definition) is 4. The third-order valence-corrected chi connectivity index (χ3v) is 9.84. The average Bonchev–Trinajstić information content (AvgIpc) is 3.18. The highest BCUT2D eigenvalue weighted by Gasteiger charge is 2.37. The Morgan fingerprint density at radius 2 is 1.53 bits per heavy atom. The first kappa shape index (κ1) is 46.1. The van der Waals surface area contributed by atoms with Gasteiger partial charge in [-0.25, -0.2) is 17.9 Å². The Hall–Kier alpha value is -6.55. The van der Waals surface area contributed by atoms with Gasteiger partial charge in [-0.15, -0.1) is 6.58 Å². The van der Waals surface area contributed by atoms with Crippen LogP contribution >= 0.6 is 0 Å². The number of sulfonamides is 1. The number of allylic oxidation sites excluding steroid dienone is 1. The third-order valence-electron chi connectivity index (χ3n) is 8.52. The summed E-state index contributed by atoms with van der Waals surface area (Å²) in [5.41, 5.74) is -0.166. The fourth-order valence-corrected chi connectivity index (χ4v) is 6.69. The van der Waals surface area contributed by atoms with Gasteiger partial charge in [0, 0.05) is 22.4 Å². The summed E-state index contributed by atoms with van der Waals surface area (Å²) in [7, 11) is -2.47. The minimum atomic E-state index is -3.94. The first-order chi connectivity index (χ1) is 28.2. The van der Waals surface area contributed by atoms with Gasteiger partial charge in [0.05, 0.1) is 18.9 Å². The normalized spacial score (nSPS) is 12.5. The van der Waals surface area contributed by atoms with Crippen molar-refractivity contribution in [3.63, 3.8) is 0 Å². The summed E-state index contributed by atoms with van der Waals surface area (Å²) < 4.78 is 44.1. The lowest BCUT2D eigenvalue weighted by molar-refractivity contribution is -0.129. The van der Waals surface area contributed by atoms with E-state index in [0.717, 1.165) is 5.56 Å². The van der Waals surface area contributed by atoms with Crippen LogP contribution in [0.3, 0.4) is 0 Å². The first-order valence-electron chi connectivity index (χ1n) is 19.0. The number of rotatable bonds is 17. The summed E-state index contributed by atoms with van der Waals surface area (Å²) in [5.74, 6) is -1.52. The summed E-state index contributed by atoms with van der Waals surface area (Å²) in [6, 6.07) is 18.6. The van der Waals surface area contributed by atoms with Gasteiger partial charge in [0.15, 0.2) is 5.82 Å². The van der Waals surface area contributed by atoms with Gasteiger partial charge >= 0.3 is 6.09 Å². The Kier molecular flexibility index (Phi) is 15.3. The molecule has 4 N–H and O–H groups in total. The Morgan fingerprint density at radius 1 is 0.833 bits per heavy atom. The van der Waals surface area contributed by atoms with Crippen molar-refractivity contribution >= 4 is 45.6 Å². The van der Waals surface area contributed by atoms with E-state index in [1.165, 1.54) is 43.5 Å². The van der Waals surface area contributed by atoms with E-state index in [-0.39, 0.29) is 40.7 Å². The second-order valence-corrected chi connectivity index (χ2v) is 17.5. The molecule has 0 aliphatic heterocycles. The van der Waals surface area contributed by atoms with Gasteiger partial charge in [0.25, 0.3) is 11.8 Å². The number of methoxy groups -OCH3 is 1. The standard InChI is InChI=1S/C44H52N6O9S/c1-10-12-16-24-60(55,56)50-39(51)31-20-17-21-32(26-31)45-40(52)36(48-41(53)37(43(3,4)5)49-42(54)59-44(6,7)8)30-22-23-33(28(11-2)25-30)58-35-27-34(57-9)46-38(47-35)29-18-14-13-15-19-29/h10-11,13-15,17-23,25-27,36-37H,1-2,12,16,24H2,3-9H3,(H,45,52)(H,48,53)(H,49,54)(H,50,51)/t36-,37-/m1/s1. The van der Waals surface area contributed by atoms with E-state index in [4.69, 9.17) is 14.2 Å². The molecule has 0 aliphatic rings. The Bertz CT molecular complexity index is 2320. The molecule has 1 heterocycles. The van der Waals surface area contributed by atoms with Gasteiger partial charge in [-0.3, -0.25) is 14.4 Å². The number of anilines is 1. The lowest BCUT2D eigenvalue weighted by Crippen LogP contribution is -2.55. The lowest BCUT2D eigenvalue weighted by atomic mass is 9.86. The summed E-state index contributed by atoms with van der Waals surface area (Å²) in [4.78, 5) is 63.3. The number of nitrogens with zero attached hydrogens (tertiary/aromatic N) is 2. The molecule has 15 nitrogen and oxygen atoms in total. The zero-order chi connectivity index (χ0) is 44.3. The SMILES string of the molecule is C=CCCCS(=O)(=O)NC(=O)c1cccc(NC(=O)[C@H](NC(=O)[C@@H](NC(=O)OC(C)(C)C)C(C)(C)C)c2ccc(Oc3cc(OC)nc(-c4ccccc4)n3)c(C=C)c2)c1. The van der Waals surface area contributed by atoms with Crippen LogP contribution in [-0.4, -0.2) is 66.7 Å². The molecule has 0 bridgehead atoms. The quantitative estimate of drug-likeness (QED) is 0.0611. The zero-order valence-corrected chi connectivity index (χ0v) is 35.6.